The highest BCUT2D eigenvalue weighted by molar-refractivity contribution is 5.99. The van der Waals surface area contributed by atoms with Crippen LogP contribution in [-0.2, 0) is 20.7 Å². The summed E-state index contributed by atoms with van der Waals surface area (Å²) in [5.41, 5.74) is 0.637. The molecular formula is C32H37N3O7. The summed E-state index contributed by atoms with van der Waals surface area (Å²) in [6.45, 7) is 8.82. The van der Waals surface area contributed by atoms with Crippen LogP contribution in [0.25, 0.3) is 0 Å². The molecule has 3 rings (SSSR count). The lowest BCUT2D eigenvalue weighted by atomic mass is 10.00. The van der Waals surface area contributed by atoms with Crippen LogP contribution in [-0.4, -0.2) is 58.3 Å². The van der Waals surface area contributed by atoms with Crippen molar-refractivity contribution in [2.75, 3.05) is 19.0 Å². The van der Waals surface area contributed by atoms with E-state index in [0.717, 1.165) is 0 Å². The molecule has 0 radical (unpaired) electrons. The molecule has 0 bridgehead atoms. The minimum atomic E-state index is -1.22. The van der Waals surface area contributed by atoms with Crippen molar-refractivity contribution in [3.05, 3.63) is 96.6 Å². The maximum atomic E-state index is 14.2. The van der Waals surface area contributed by atoms with Crippen molar-refractivity contribution in [1.82, 2.24) is 10.2 Å². The molecule has 2 atom stereocenters. The lowest BCUT2D eigenvalue weighted by molar-refractivity contribution is -0.140. The number of hydrogen-bond donors (Lipinski definition) is 4. The van der Waals surface area contributed by atoms with Crippen LogP contribution in [0.5, 0.6) is 17.2 Å². The fourth-order valence-electron chi connectivity index (χ4n) is 4.23. The van der Waals surface area contributed by atoms with Crippen molar-refractivity contribution in [2.45, 2.75) is 44.9 Å². The van der Waals surface area contributed by atoms with E-state index < -0.39 is 35.6 Å². The second-order valence-electron chi connectivity index (χ2n) is 10.6. The maximum Gasteiger partial charge on any atom is 0.408 e. The molecule has 10 heteroatoms. The summed E-state index contributed by atoms with van der Waals surface area (Å²) in [7, 11) is 1.53. The van der Waals surface area contributed by atoms with Crippen molar-refractivity contribution in [3.63, 3.8) is 0 Å². The highest BCUT2D eigenvalue weighted by Crippen LogP contribution is 2.28. The number of hydrogen-bond acceptors (Lipinski definition) is 7. The molecule has 3 aromatic rings. The smallest absolute Gasteiger partial charge is 0.408 e. The van der Waals surface area contributed by atoms with Crippen molar-refractivity contribution >= 4 is 23.6 Å². The van der Waals surface area contributed by atoms with Crippen LogP contribution >= 0.6 is 0 Å². The molecule has 222 valence electrons. The van der Waals surface area contributed by atoms with Gasteiger partial charge in [0.05, 0.1) is 7.11 Å². The quantitative estimate of drug-likeness (QED) is 0.238. The van der Waals surface area contributed by atoms with Crippen molar-refractivity contribution in [3.8, 4) is 17.2 Å². The lowest BCUT2D eigenvalue weighted by Crippen LogP contribution is -2.53. The molecule has 2 unspecified atom stereocenters. The van der Waals surface area contributed by atoms with Crippen molar-refractivity contribution in [1.29, 1.82) is 0 Å². The number of aromatic hydroxyl groups is 2. The number of alkyl carbamates (subject to hydrolysis) is 1. The van der Waals surface area contributed by atoms with Crippen LogP contribution in [0.15, 0.2) is 85.5 Å². The Labute approximate surface area is 245 Å². The number of anilines is 1. The zero-order chi connectivity index (χ0) is 30.9. The van der Waals surface area contributed by atoms with E-state index in [-0.39, 0.29) is 24.5 Å². The Morgan fingerprint density at radius 2 is 1.64 bits per heavy atom. The Bertz CT molecular complexity index is 1380. The maximum absolute atomic E-state index is 14.2. The molecule has 0 spiro atoms. The summed E-state index contributed by atoms with van der Waals surface area (Å²) in [6.07, 6.45) is 0.702. The van der Waals surface area contributed by atoms with E-state index in [2.05, 4.69) is 17.2 Å². The molecule has 4 N–H and O–H groups in total. The van der Waals surface area contributed by atoms with E-state index in [0.29, 0.717) is 22.6 Å². The second-order valence-corrected chi connectivity index (χ2v) is 10.6. The van der Waals surface area contributed by atoms with Crippen LogP contribution < -0.4 is 15.4 Å². The zero-order valence-electron chi connectivity index (χ0n) is 24.2. The van der Waals surface area contributed by atoms with Gasteiger partial charge < -0.3 is 35.2 Å². The van der Waals surface area contributed by atoms with E-state index in [1.165, 1.54) is 42.4 Å². The first-order chi connectivity index (χ1) is 19.9. The third kappa shape index (κ3) is 9.02. The van der Waals surface area contributed by atoms with Crippen LogP contribution in [0.4, 0.5) is 10.5 Å². The number of carbonyl (C=O) groups excluding carboxylic acids is 3. The van der Waals surface area contributed by atoms with Gasteiger partial charge in [-0.15, -0.1) is 6.58 Å². The largest absolute Gasteiger partial charge is 0.508 e. The molecule has 10 nitrogen and oxygen atoms in total. The Hall–Kier alpha value is -4.99. The average molecular weight is 576 g/mol. The van der Waals surface area contributed by atoms with Gasteiger partial charge in [-0.3, -0.25) is 9.59 Å². The third-order valence-corrected chi connectivity index (χ3v) is 6.08. The first-order valence-corrected chi connectivity index (χ1v) is 13.3. The first kappa shape index (κ1) is 31.5. The Morgan fingerprint density at radius 3 is 2.21 bits per heavy atom. The number of phenolic OH excluding ortho intramolecular Hbond substituents is 2. The molecule has 0 aliphatic rings. The van der Waals surface area contributed by atoms with Crippen LogP contribution in [0.1, 0.15) is 37.9 Å². The first-order valence-electron chi connectivity index (χ1n) is 13.3. The molecule has 3 aromatic carbocycles. The second kappa shape index (κ2) is 14.1. The topological polar surface area (TPSA) is 137 Å². The molecule has 0 aromatic heterocycles. The molecule has 0 fully saturated rings. The molecular weight excluding hydrogens is 538 g/mol. The number of rotatable bonds is 11. The molecule has 0 saturated carbocycles. The van der Waals surface area contributed by atoms with Gasteiger partial charge in [-0.2, -0.15) is 0 Å². The van der Waals surface area contributed by atoms with Gasteiger partial charge >= 0.3 is 6.09 Å². The molecule has 3 amide bonds. The monoisotopic (exact) mass is 575 g/mol. The minimum Gasteiger partial charge on any atom is -0.508 e. The van der Waals surface area contributed by atoms with Crippen LogP contribution in [0, 0.1) is 0 Å². The summed E-state index contributed by atoms with van der Waals surface area (Å²) in [5, 5.41) is 25.4. The molecule has 0 heterocycles. The average Bonchev–Trinajstić information content (AvgIpc) is 2.92. The summed E-state index contributed by atoms with van der Waals surface area (Å²) >= 11 is 0. The summed E-state index contributed by atoms with van der Waals surface area (Å²) in [5.74, 6) is -0.581. The van der Waals surface area contributed by atoms with E-state index in [9.17, 15) is 24.6 Å². The van der Waals surface area contributed by atoms with Gasteiger partial charge in [0, 0.05) is 18.7 Å². The van der Waals surface area contributed by atoms with Gasteiger partial charge in [0.1, 0.15) is 34.9 Å². The van der Waals surface area contributed by atoms with Crippen LogP contribution in [0.3, 0.4) is 0 Å². The molecule has 0 saturated heterocycles. The Kier molecular flexibility index (Phi) is 10.6. The van der Waals surface area contributed by atoms with Gasteiger partial charge in [-0.05, 0) is 80.4 Å². The Balaban J connectivity index is 2.03. The van der Waals surface area contributed by atoms with Gasteiger partial charge in [0.2, 0.25) is 5.91 Å². The number of benzene rings is 3. The predicted molar refractivity (Wildman–Crippen MR) is 159 cm³/mol. The van der Waals surface area contributed by atoms with E-state index in [1.54, 1.807) is 69.3 Å². The lowest BCUT2D eigenvalue weighted by Gasteiger charge is -2.34. The van der Waals surface area contributed by atoms with E-state index >= 15 is 0 Å². The van der Waals surface area contributed by atoms with Crippen molar-refractivity contribution in [2.24, 2.45) is 0 Å². The predicted octanol–water partition coefficient (Wildman–Crippen LogP) is 4.94. The third-order valence-electron chi connectivity index (χ3n) is 6.08. The van der Waals surface area contributed by atoms with E-state index in [1.807, 2.05) is 0 Å². The van der Waals surface area contributed by atoms with Gasteiger partial charge in [-0.25, -0.2) is 4.79 Å². The number of methoxy groups -OCH3 is 1. The fraction of sp³-hybridized carbons (Fsp3) is 0.281. The highest BCUT2D eigenvalue weighted by atomic mass is 16.6. The fourth-order valence-corrected chi connectivity index (χ4v) is 4.23. The Morgan fingerprint density at radius 1 is 0.976 bits per heavy atom. The number of nitrogens with zero attached hydrogens (tertiary/aromatic N) is 1. The zero-order valence-corrected chi connectivity index (χ0v) is 24.2. The minimum absolute atomic E-state index is 0.0405. The van der Waals surface area contributed by atoms with Gasteiger partial charge in [-0.1, -0.05) is 30.3 Å². The summed E-state index contributed by atoms with van der Waals surface area (Å²) in [6, 6.07) is 16.6. The van der Waals surface area contributed by atoms with Crippen LogP contribution in [0.2, 0.25) is 0 Å². The van der Waals surface area contributed by atoms with Crippen molar-refractivity contribution < 1.29 is 34.1 Å². The standard InChI is InChI=1S/C32H37N3O7/c1-6-18-35(30(39)27(34-31(40)42-32(2,3)4)19-21-10-14-24(36)15-11-21)28(22-8-7-9-25(37)20-22)29(38)33-23-12-16-26(41-5)17-13-23/h6-17,20,27-28,36-37H,1,18-19H2,2-5H3,(H,33,38)(H,34,40). The van der Waals surface area contributed by atoms with Gasteiger partial charge in [0.25, 0.3) is 5.91 Å². The van der Waals surface area contributed by atoms with E-state index in [4.69, 9.17) is 9.47 Å². The molecule has 42 heavy (non-hydrogen) atoms. The molecule has 0 aliphatic heterocycles. The molecule has 0 aliphatic carbocycles. The highest BCUT2D eigenvalue weighted by Gasteiger charge is 2.36. The number of phenols is 2. The number of ether oxygens (including phenoxy) is 2. The number of nitrogens with one attached hydrogen (secondary N) is 2. The van der Waals surface area contributed by atoms with Gasteiger partial charge in [0.15, 0.2) is 0 Å². The SMILES string of the molecule is C=CCN(C(=O)C(Cc1ccc(O)cc1)NC(=O)OC(C)(C)C)C(C(=O)Nc1ccc(OC)cc1)c1cccc(O)c1. The number of carbonyl (C=O) groups is 3. The summed E-state index contributed by atoms with van der Waals surface area (Å²) in [4.78, 5) is 42.2. The summed E-state index contributed by atoms with van der Waals surface area (Å²) < 4.78 is 10.6. The normalized spacial score (nSPS) is 12.4. The number of amides is 3.